The molecule has 0 saturated carbocycles. The summed E-state index contributed by atoms with van der Waals surface area (Å²) in [6, 6.07) is 14.2. The number of carbonyl (C=O) groups excluding carboxylic acids is 1. The lowest BCUT2D eigenvalue weighted by molar-refractivity contribution is 0.256. The van der Waals surface area contributed by atoms with Crippen LogP contribution in [-0.2, 0) is 35.6 Å². The maximum atomic E-state index is 14.0. The topological polar surface area (TPSA) is 70.6 Å². The summed E-state index contributed by atoms with van der Waals surface area (Å²) >= 11 is 0. The molecule has 0 aromatic heterocycles. The summed E-state index contributed by atoms with van der Waals surface area (Å²) < 4.78 is 34.3. The van der Waals surface area contributed by atoms with Crippen LogP contribution in [0, 0.1) is 12.7 Å². The van der Waals surface area contributed by atoms with E-state index in [1.165, 1.54) is 46.5 Å². The number of rotatable bonds is 4. The molecule has 2 amide bonds. The maximum absolute atomic E-state index is 14.0. The minimum Gasteiger partial charge on any atom is -0.307 e. The molecule has 1 atom stereocenters. The molecule has 0 saturated heterocycles. The molecular weight excluding hydrogens is 437 g/mol. The molecule has 2 N–H and O–H groups in total. The van der Waals surface area contributed by atoms with E-state index in [9.17, 15) is 13.4 Å². The van der Waals surface area contributed by atoms with Crippen LogP contribution in [0.3, 0.4) is 0 Å². The van der Waals surface area contributed by atoms with E-state index >= 15 is 0 Å². The summed E-state index contributed by atoms with van der Waals surface area (Å²) in [5.41, 5.74) is 7.21. The van der Waals surface area contributed by atoms with E-state index in [0.29, 0.717) is 10.6 Å². The second-order valence-electron chi connectivity index (χ2n) is 8.70. The van der Waals surface area contributed by atoms with Crippen molar-refractivity contribution in [3.8, 4) is 0 Å². The minimum atomic E-state index is -3.36. The molecule has 170 valence electrons. The Hall–Kier alpha value is -3.19. The Balaban J connectivity index is 1.51. The van der Waals surface area contributed by atoms with Crippen molar-refractivity contribution in [3.63, 3.8) is 0 Å². The first kappa shape index (κ1) is 21.6. The van der Waals surface area contributed by atoms with Crippen LogP contribution in [0.15, 0.2) is 63.9 Å². The van der Waals surface area contributed by atoms with Crippen LogP contribution in [0.4, 0.5) is 20.6 Å². The summed E-state index contributed by atoms with van der Waals surface area (Å²) in [7, 11) is -3.36. The molecule has 5 nitrogen and oxygen atoms in total. The lowest BCUT2D eigenvalue weighted by atomic mass is 9.99. The van der Waals surface area contributed by atoms with E-state index in [1.54, 1.807) is 12.1 Å². The van der Waals surface area contributed by atoms with Crippen molar-refractivity contribution in [2.45, 2.75) is 50.3 Å². The van der Waals surface area contributed by atoms with Crippen molar-refractivity contribution < 1.29 is 13.4 Å². The first-order valence-electron chi connectivity index (χ1n) is 11.3. The van der Waals surface area contributed by atoms with Gasteiger partial charge in [-0.05, 0) is 104 Å². The first-order chi connectivity index (χ1) is 15.9. The van der Waals surface area contributed by atoms with Crippen LogP contribution >= 0.6 is 0 Å². The number of urea groups is 1. The Morgan fingerprint density at radius 3 is 2.12 bits per heavy atom. The minimum absolute atomic E-state index is 0.323. The number of hydrogen-bond donors (Lipinski definition) is 2. The standard InChI is InChI=1S/C26H26FN3O2S/c1-17-8-14-22(15-9-17)33(32,29-21-12-10-20(27)11-13-21)30-26(31)28-25-23-6-2-4-18(23)16-19-5-3-7-24(19)25/h8-16H,2-7H2,1H3,(H2,28,29,30,31,32). The van der Waals surface area contributed by atoms with Crippen LogP contribution in [0.5, 0.6) is 0 Å². The number of aryl methyl sites for hydroxylation is 3. The first-order valence-corrected chi connectivity index (χ1v) is 12.8. The van der Waals surface area contributed by atoms with Gasteiger partial charge in [-0.1, -0.05) is 23.8 Å². The zero-order chi connectivity index (χ0) is 23.0. The van der Waals surface area contributed by atoms with E-state index in [1.807, 2.05) is 19.1 Å². The zero-order valence-corrected chi connectivity index (χ0v) is 19.3. The van der Waals surface area contributed by atoms with Gasteiger partial charge in [-0.3, -0.25) is 0 Å². The van der Waals surface area contributed by atoms with Gasteiger partial charge in [-0.2, -0.15) is 4.36 Å². The fraction of sp³-hybridized carbons (Fsp3) is 0.269. The molecule has 7 heteroatoms. The third-order valence-electron chi connectivity index (χ3n) is 6.34. The van der Waals surface area contributed by atoms with Gasteiger partial charge in [0.1, 0.15) is 5.82 Å². The predicted octanol–water partition coefficient (Wildman–Crippen LogP) is 6.01. The Kier molecular flexibility index (Phi) is 5.66. The van der Waals surface area contributed by atoms with Crippen LogP contribution in [-0.4, -0.2) is 10.2 Å². The van der Waals surface area contributed by atoms with Gasteiger partial charge in [0.05, 0.1) is 10.6 Å². The van der Waals surface area contributed by atoms with E-state index in [2.05, 4.69) is 20.5 Å². The monoisotopic (exact) mass is 463 g/mol. The highest BCUT2D eigenvalue weighted by Crippen LogP contribution is 2.38. The highest BCUT2D eigenvalue weighted by Gasteiger charge is 2.26. The molecule has 2 aliphatic carbocycles. The van der Waals surface area contributed by atoms with Crippen molar-refractivity contribution in [1.29, 1.82) is 0 Å². The summed E-state index contributed by atoms with van der Waals surface area (Å²) in [4.78, 5) is 13.6. The molecular formula is C26H26FN3O2S. The molecule has 1 unspecified atom stereocenters. The molecule has 0 aliphatic heterocycles. The number of amides is 2. The molecule has 5 rings (SSSR count). The van der Waals surface area contributed by atoms with Gasteiger partial charge >= 0.3 is 6.03 Å². The highest BCUT2D eigenvalue weighted by atomic mass is 32.2. The SMILES string of the molecule is Cc1ccc(S(=O)(=Nc2ccc(F)cc2)NC(=O)Nc2c3c(cc4c2CCC4)CCC3)cc1. The van der Waals surface area contributed by atoms with Gasteiger partial charge in [0.25, 0.3) is 0 Å². The second-order valence-corrected chi connectivity index (χ2v) is 10.6. The molecule has 0 heterocycles. The lowest BCUT2D eigenvalue weighted by Crippen LogP contribution is -2.34. The number of nitrogens with one attached hydrogen (secondary N) is 2. The fourth-order valence-electron chi connectivity index (χ4n) is 4.74. The molecule has 0 radical (unpaired) electrons. The molecule has 0 fully saturated rings. The Bertz CT molecular complexity index is 1310. The number of nitrogens with zero attached hydrogens (tertiary/aromatic N) is 1. The smallest absolute Gasteiger partial charge is 0.307 e. The van der Waals surface area contributed by atoms with Crippen LogP contribution < -0.4 is 10.0 Å². The van der Waals surface area contributed by atoms with E-state index < -0.39 is 21.8 Å². The highest BCUT2D eigenvalue weighted by molar-refractivity contribution is 7.92. The van der Waals surface area contributed by atoms with Gasteiger partial charge in [0.2, 0.25) is 0 Å². The Morgan fingerprint density at radius 2 is 1.52 bits per heavy atom. The van der Waals surface area contributed by atoms with Gasteiger partial charge < -0.3 is 5.32 Å². The second kappa shape index (κ2) is 8.63. The number of anilines is 1. The average Bonchev–Trinajstić information content (AvgIpc) is 3.45. The summed E-state index contributed by atoms with van der Waals surface area (Å²) in [5, 5.41) is 3.03. The number of fused-ring (bicyclic) bond motifs is 2. The quantitative estimate of drug-likeness (QED) is 0.498. The molecule has 0 spiro atoms. The third-order valence-corrected chi connectivity index (χ3v) is 8.18. The van der Waals surface area contributed by atoms with E-state index in [0.717, 1.165) is 49.8 Å². The Labute approximate surface area is 193 Å². The van der Waals surface area contributed by atoms with Crippen LogP contribution in [0.1, 0.15) is 40.7 Å². The number of hydrogen-bond acceptors (Lipinski definition) is 3. The van der Waals surface area contributed by atoms with Crippen molar-refractivity contribution >= 4 is 27.3 Å². The zero-order valence-electron chi connectivity index (χ0n) is 18.5. The molecule has 3 aromatic carbocycles. The predicted molar refractivity (Wildman–Crippen MR) is 129 cm³/mol. The van der Waals surface area contributed by atoms with Crippen molar-refractivity contribution in [2.24, 2.45) is 4.36 Å². The van der Waals surface area contributed by atoms with Crippen molar-refractivity contribution in [1.82, 2.24) is 4.72 Å². The van der Waals surface area contributed by atoms with E-state index in [-0.39, 0.29) is 0 Å². The molecule has 3 aromatic rings. The molecule has 2 aliphatic rings. The lowest BCUT2D eigenvalue weighted by Gasteiger charge is -2.18. The van der Waals surface area contributed by atoms with E-state index in [4.69, 9.17) is 0 Å². The summed E-state index contributed by atoms with van der Waals surface area (Å²) in [5.74, 6) is -0.409. The summed E-state index contributed by atoms with van der Waals surface area (Å²) in [6.45, 7) is 1.93. The van der Waals surface area contributed by atoms with Crippen molar-refractivity contribution in [2.75, 3.05) is 5.32 Å². The molecule has 33 heavy (non-hydrogen) atoms. The van der Waals surface area contributed by atoms with Gasteiger partial charge in [0, 0.05) is 5.69 Å². The summed E-state index contributed by atoms with van der Waals surface area (Å²) in [6.07, 6.45) is 6.08. The van der Waals surface area contributed by atoms with Crippen LogP contribution in [0.25, 0.3) is 0 Å². The largest absolute Gasteiger partial charge is 0.331 e. The number of halogens is 1. The van der Waals surface area contributed by atoms with Gasteiger partial charge in [0.15, 0.2) is 9.92 Å². The van der Waals surface area contributed by atoms with Crippen molar-refractivity contribution in [3.05, 3.63) is 88.2 Å². The maximum Gasteiger partial charge on any atom is 0.331 e. The van der Waals surface area contributed by atoms with Crippen LogP contribution in [0.2, 0.25) is 0 Å². The Morgan fingerprint density at radius 1 is 0.909 bits per heavy atom. The number of carbonyl (C=O) groups is 1. The fourth-order valence-corrected chi connectivity index (χ4v) is 6.23. The van der Waals surface area contributed by atoms with Gasteiger partial charge in [-0.25, -0.2) is 18.1 Å². The normalized spacial score (nSPS) is 15.9. The molecule has 0 bridgehead atoms. The van der Waals surface area contributed by atoms with Gasteiger partial charge in [-0.15, -0.1) is 0 Å². The number of benzene rings is 3. The average molecular weight is 464 g/mol. The third kappa shape index (κ3) is 4.37.